The van der Waals surface area contributed by atoms with Crippen molar-refractivity contribution >= 4 is 23.4 Å². The fourth-order valence-electron chi connectivity index (χ4n) is 3.27. The first-order valence-electron chi connectivity index (χ1n) is 9.01. The molecule has 1 fully saturated rings. The summed E-state index contributed by atoms with van der Waals surface area (Å²) in [4.78, 5) is 24.0. The molecule has 2 aromatic rings. The minimum Gasteiger partial charge on any atom is -0.459 e. The fourth-order valence-corrected chi connectivity index (χ4v) is 3.40. The van der Waals surface area contributed by atoms with Crippen molar-refractivity contribution in [2.24, 2.45) is 0 Å². The summed E-state index contributed by atoms with van der Waals surface area (Å²) in [5.74, 6) is -0.191. The molecule has 27 heavy (non-hydrogen) atoms. The van der Waals surface area contributed by atoms with Gasteiger partial charge in [-0.15, -0.1) is 0 Å². The molecule has 1 aromatic carbocycles. The highest BCUT2D eigenvalue weighted by atomic mass is 35.5. The molecule has 0 unspecified atom stereocenters. The van der Waals surface area contributed by atoms with Gasteiger partial charge in [0.2, 0.25) is 5.91 Å². The highest BCUT2D eigenvalue weighted by Crippen LogP contribution is 2.34. The van der Waals surface area contributed by atoms with Gasteiger partial charge in [-0.2, -0.15) is 0 Å². The second kappa shape index (κ2) is 9.06. The average molecular weight is 391 g/mol. The molecule has 0 spiro atoms. The zero-order valence-corrected chi connectivity index (χ0v) is 15.8. The number of halogens is 1. The van der Waals surface area contributed by atoms with Crippen molar-refractivity contribution in [2.45, 2.75) is 24.7 Å². The van der Waals surface area contributed by atoms with E-state index in [1.54, 1.807) is 12.1 Å². The van der Waals surface area contributed by atoms with Crippen LogP contribution in [0.2, 0.25) is 5.02 Å². The third kappa shape index (κ3) is 5.11. The molecule has 0 radical (unpaired) electrons. The summed E-state index contributed by atoms with van der Waals surface area (Å²) in [5, 5.41) is 6.38. The Morgan fingerprint density at radius 2 is 1.81 bits per heavy atom. The topological polar surface area (TPSA) is 80.6 Å². The number of carbonyl (C=O) groups excluding carboxylic acids is 2. The van der Waals surface area contributed by atoms with Crippen LogP contribution in [0.5, 0.6) is 0 Å². The van der Waals surface area contributed by atoms with Crippen LogP contribution < -0.4 is 10.6 Å². The van der Waals surface area contributed by atoms with E-state index in [1.807, 2.05) is 24.3 Å². The maximum absolute atomic E-state index is 12.2. The molecule has 144 valence electrons. The number of carbonyl (C=O) groups is 2. The van der Waals surface area contributed by atoms with Crippen LogP contribution in [0.25, 0.3) is 0 Å². The maximum atomic E-state index is 12.2. The van der Waals surface area contributed by atoms with Gasteiger partial charge in [0.05, 0.1) is 6.26 Å². The number of hydrogen-bond acceptors (Lipinski definition) is 4. The monoisotopic (exact) mass is 390 g/mol. The average Bonchev–Trinajstić information content (AvgIpc) is 3.22. The number of benzene rings is 1. The molecule has 2 amide bonds. The van der Waals surface area contributed by atoms with E-state index >= 15 is 0 Å². The van der Waals surface area contributed by atoms with Gasteiger partial charge >= 0.3 is 0 Å². The van der Waals surface area contributed by atoms with Crippen molar-refractivity contribution in [2.75, 3.05) is 26.3 Å². The highest BCUT2D eigenvalue weighted by molar-refractivity contribution is 6.30. The zero-order valence-electron chi connectivity index (χ0n) is 15.0. The van der Waals surface area contributed by atoms with Crippen LogP contribution in [0.4, 0.5) is 0 Å². The third-order valence-electron chi connectivity index (χ3n) is 4.91. The summed E-state index contributed by atoms with van der Waals surface area (Å²) >= 11 is 6.01. The summed E-state index contributed by atoms with van der Waals surface area (Å²) < 4.78 is 10.5. The van der Waals surface area contributed by atoms with E-state index in [-0.39, 0.29) is 36.0 Å². The second-order valence-electron chi connectivity index (χ2n) is 6.66. The van der Waals surface area contributed by atoms with Gasteiger partial charge in [0, 0.05) is 43.2 Å². The normalized spacial score (nSPS) is 15.9. The van der Waals surface area contributed by atoms with Gasteiger partial charge in [-0.05, 0) is 42.7 Å². The van der Waals surface area contributed by atoms with Crippen LogP contribution in [0.15, 0.2) is 47.1 Å². The van der Waals surface area contributed by atoms with Gasteiger partial charge in [-0.25, -0.2) is 0 Å². The summed E-state index contributed by atoms with van der Waals surface area (Å²) in [6.07, 6.45) is 3.32. The SMILES string of the molecule is O=C(CCNC(=O)c1ccco1)NCC1(c2ccc(Cl)cc2)CCOCC1. The van der Waals surface area contributed by atoms with E-state index in [0.29, 0.717) is 24.8 Å². The molecule has 0 atom stereocenters. The number of rotatable bonds is 7. The van der Waals surface area contributed by atoms with E-state index in [0.717, 1.165) is 18.4 Å². The van der Waals surface area contributed by atoms with Gasteiger partial charge in [-0.3, -0.25) is 9.59 Å². The molecular weight excluding hydrogens is 368 g/mol. The highest BCUT2D eigenvalue weighted by Gasteiger charge is 2.34. The second-order valence-corrected chi connectivity index (χ2v) is 7.10. The Kier molecular flexibility index (Phi) is 6.53. The van der Waals surface area contributed by atoms with Gasteiger partial charge < -0.3 is 19.8 Å². The van der Waals surface area contributed by atoms with E-state index in [4.69, 9.17) is 20.8 Å². The van der Waals surface area contributed by atoms with Crippen molar-refractivity contribution in [3.05, 3.63) is 59.0 Å². The molecule has 1 saturated heterocycles. The molecule has 1 aromatic heterocycles. The standard InChI is InChI=1S/C20H23ClN2O4/c21-16-5-3-15(4-6-16)20(8-12-26-13-9-20)14-23-18(24)7-10-22-19(25)17-2-1-11-27-17/h1-6,11H,7-10,12-14H2,(H,22,25)(H,23,24). The van der Waals surface area contributed by atoms with Crippen LogP contribution in [-0.2, 0) is 14.9 Å². The Morgan fingerprint density at radius 1 is 1.07 bits per heavy atom. The lowest BCUT2D eigenvalue weighted by molar-refractivity contribution is -0.121. The number of hydrogen-bond donors (Lipinski definition) is 2. The van der Waals surface area contributed by atoms with Gasteiger partial charge in [0.25, 0.3) is 5.91 Å². The summed E-state index contributed by atoms with van der Waals surface area (Å²) in [7, 11) is 0. The van der Waals surface area contributed by atoms with Gasteiger partial charge in [-0.1, -0.05) is 23.7 Å². The first-order valence-corrected chi connectivity index (χ1v) is 9.39. The minimum atomic E-state index is -0.324. The first-order chi connectivity index (χ1) is 13.1. The predicted molar refractivity (Wildman–Crippen MR) is 102 cm³/mol. The number of ether oxygens (including phenoxy) is 1. The summed E-state index contributed by atoms with van der Waals surface area (Å²) in [6.45, 7) is 2.11. The van der Waals surface area contributed by atoms with Crippen molar-refractivity contribution in [3.63, 3.8) is 0 Å². The smallest absolute Gasteiger partial charge is 0.286 e. The maximum Gasteiger partial charge on any atom is 0.286 e. The van der Waals surface area contributed by atoms with E-state index in [1.165, 1.54) is 6.26 Å². The van der Waals surface area contributed by atoms with Crippen molar-refractivity contribution in [1.82, 2.24) is 10.6 Å². The van der Waals surface area contributed by atoms with Gasteiger partial charge in [0.1, 0.15) is 0 Å². The Morgan fingerprint density at radius 3 is 2.48 bits per heavy atom. The van der Waals surface area contributed by atoms with E-state index in [9.17, 15) is 9.59 Å². The lowest BCUT2D eigenvalue weighted by atomic mass is 9.74. The molecule has 7 heteroatoms. The Hall–Kier alpha value is -2.31. The molecular formula is C20H23ClN2O4. The molecule has 2 heterocycles. The van der Waals surface area contributed by atoms with Crippen LogP contribution >= 0.6 is 11.6 Å². The van der Waals surface area contributed by atoms with E-state index < -0.39 is 0 Å². The number of amides is 2. The summed E-state index contributed by atoms with van der Waals surface area (Å²) in [6, 6.07) is 11.0. The van der Waals surface area contributed by atoms with Crippen molar-refractivity contribution < 1.29 is 18.7 Å². The molecule has 2 N–H and O–H groups in total. The molecule has 6 nitrogen and oxygen atoms in total. The Bertz CT molecular complexity index is 753. The third-order valence-corrected chi connectivity index (χ3v) is 5.17. The number of nitrogens with one attached hydrogen (secondary N) is 2. The predicted octanol–water partition coefficient (Wildman–Crippen LogP) is 2.92. The van der Waals surface area contributed by atoms with Crippen LogP contribution in [0, 0.1) is 0 Å². The van der Waals surface area contributed by atoms with Crippen LogP contribution in [-0.4, -0.2) is 38.1 Å². The minimum absolute atomic E-state index is 0.102. The first kappa shape index (κ1) is 19.5. The van der Waals surface area contributed by atoms with Crippen molar-refractivity contribution in [1.29, 1.82) is 0 Å². The molecule has 1 aliphatic rings. The molecule has 0 bridgehead atoms. The van der Waals surface area contributed by atoms with Crippen molar-refractivity contribution in [3.8, 4) is 0 Å². The zero-order chi connectivity index (χ0) is 19.1. The molecule has 3 rings (SSSR count). The fraction of sp³-hybridized carbons (Fsp3) is 0.400. The van der Waals surface area contributed by atoms with Gasteiger partial charge in [0.15, 0.2) is 5.76 Å². The lowest BCUT2D eigenvalue weighted by Gasteiger charge is -2.38. The van der Waals surface area contributed by atoms with E-state index in [2.05, 4.69) is 10.6 Å². The summed E-state index contributed by atoms with van der Waals surface area (Å²) in [5.41, 5.74) is 0.997. The molecule has 0 aliphatic carbocycles. The number of furan rings is 1. The quantitative estimate of drug-likeness (QED) is 0.761. The van der Waals surface area contributed by atoms with Crippen LogP contribution in [0.1, 0.15) is 35.4 Å². The Labute approximate surface area is 163 Å². The molecule has 1 aliphatic heterocycles. The van der Waals surface area contributed by atoms with Crippen LogP contribution in [0.3, 0.4) is 0 Å². The largest absolute Gasteiger partial charge is 0.459 e. The lowest BCUT2D eigenvalue weighted by Crippen LogP contribution is -2.45. The molecule has 0 saturated carbocycles. The Balaban J connectivity index is 1.51.